The highest BCUT2D eigenvalue weighted by molar-refractivity contribution is 7.99. The Hall–Kier alpha value is -3.33. The van der Waals surface area contributed by atoms with Gasteiger partial charge in [-0.15, -0.1) is 11.8 Å². The van der Waals surface area contributed by atoms with E-state index >= 15 is 0 Å². The molecule has 0 bridgehead atoms. The SMILES string of the molecule is COc1cc(Nc2c(C(N)=O)cnc3c(C)cc(SCCC(=O)O)cc23)ccc1F. The van der Waals surface area contributed by atoms with E-state index in [1.807, 2.05) is 19.1 Å². The number of rotatable bonds is 8. The van der Waals surface area contributed by atoms with Crippen molar-refractivity contribution in [2.75, 3.05) is 18.2 Å². The molecule has 0 saturated carbocycles. The number of fused-ring (bicyclic) bond motifs is 1. The van der Waals surface area contributed by atoms with Crippen molar-refractivity contribution in [1.82, 2.24) is 4.98 Å². The molecule has 9 heteroatoms. The lowest BCUT2D eigenvalue weighted by molar-refractivity contribution is -0.136. The molecule has 0 aliphatic rings. The van der Waals surface area contributed by atoms with Gasteiger partial charge >= 0.3 is 5.97 Å². The number of benzene rings is 2. The molecule has 3 aromatic rings. The average molecular weight is 429 g/mol. The predicted molar refractivity (Wildman–Crippen MR) is 114 cm³/mol. The molecule has 0 aliphatic heterocycles. The fourth-order valence-electron chi connectivity index (χ4n) is 2.99. The number of primary amides is 1. The second-order valence-electron chi connectivity index (χ2n) is 6.51. The number of pyridine rings is 1. The standard InChI is InChI=1S/C21H20FN3O4S/c1-11-7-13(30-6-5-18(26)27)9-14-19(11)24-10-15(21(23)28)20(14)25-12-3-4-16(22)17(8-12)29-2/h3-4,7-10H,5-6H2,1-2H3,(H2,23,28)(H,24,25)(H,26,27). The van der Waals surface area contributed by atoms with Crippen LogP contribution in [0.4, 0.5) is 15.8 Å². The number of nitrogens with two attached hydrogens (primary N) is 1. The summed E-state index contributed by atoms with van der Waals surface area (Å²) in [6.07, 6.45) is 1.43. The van der Waals surface area contributed by atoms with Crippen LogP contribution in [0.25, 0.3) is 10.9 Å². The normalized spacial score (nSPS) is 10.8. The number of aryl methyl sites for hydroxylation is 1. The molecule has 4 N–H and O–H groups in total. The third-order valence-electron chi connectivity index (χ3n) is 4.41. The highest BCUT2D eigenvalue weighted by Gasteiger charge is 2.17. The maximum absolute atomic E-state index is 13.8. The summed E-state index contributed by atoms with van der Waals surface area (Å²) in [5.41, 5.74) is 8.20. The molecule has 0 atom stereocenters. The zero-order valence-electron chi connectivity index (χ0n) is 16.4. The summed E-state index contributed by atoms with van der Waals surface area (Å²) in [6.45, 7) is 1.88. The van der Waals surface area contributed by atoms with E-state index in [-0.39, 0.29) is 17.7 Å². The molecule has 7 nitrogen and oxygen atoms in total. The number of anilines is 2. The lowest BCUT2D eigenvalue weighted by Gasteiger charge is -2.16. The monoisotopic (exact) mass is 429 g/mol. The quantitative estimate of drug-likeness (QED) is 0.462. The van der Waals surface area contributed by atoms with Gasteiger partial charge in [0.15, 0.2) is 11.6 Å². The van der Waals surface area contributed by atoms with Crippen LogP contribution in [0.1, 0.15) is 22.3 Å². The van der Waals surface area contributed by atoms with Gasteiger partial charge in [-0.1, -0.05) is 0 Å². The van der Waals surface area contributed by atoms with E-state index in [1.54, 1.807) is 0 Å². The zero-order chi connectivity index (χ0) is 21.8. The zero-order valence-corrected chi connectivity index (χ0v) is 17.2. The van der Waals surface area contributed by atoms with Gasteiger partial charge in [0.05, 0.1) is 30.3 Å². The van der Waals surface area contributed by atoms with Crippen LogP contribution in [-0.2, 0) is 4.79 Å². The molecule has 2 aromatic carbocycles. The first-order valence-corrected chi connectivity index (χ1v) is 9.97. The van der Waals surface area contributed by atoms with Crippen LogP contribution >= 0.6 is 11.8 Å². The molecule has 0 fully saturated rings. The average Bonchev–Trinajstić information content (AvgIpc) is 2.69. The Morgan fingerprint density at radius 1 is 1.30 bits per heavy atom. The summed E-state index contributed by atoms with van der Waals surface area (Å²) in [5.74, 6) is -1.58. The Labute approximate surface area is 176 Å². The number of thioether (sulfide) groups is 1. The van der Waals surface area contributed by atoms with Gasteiger partial charge in [-0.2, -0.15) is 0 Å². The molecule has 0 saturated heterocycles. The molecule has 0 spiro atoms. The predicted octanol–water partition coefficient (Wildman–Crippen LogP) is 4.10. The molecule has 0 aliphatic carbocycles. The van der Waals surface area contributed by atoms with Crippen molar-refractivity contribution in [3.05, 3.63) is 53.5 Å². The minimum atomic E-state index is -0.870. The van der Waals surface area contributed by atoms with Crippen LogP contribution in [0.2, 0.25) is 0 Å². The molecule has 156 valence electrons. The summed E-state index contributed by atoms with van der Waals surface area (Å²) >= 11 is 1.39. The number of carboxylic acids is 1. The minimum Gasteiger partial charge on any atom is -0.494 e. The maximum Gasteiger partial charge on any atom is 0.304 e. The van der Waals surface area contributed by atoms with Crippen LogP contribution in [0, 0.1) is 12.7 Å². The van der Waals surface area contributed by atoms with Gasteiger partial charge in [0.25, 0.3) is 5.91 Å². The number of carbonyl (C=O) groups excluding carboxylic acids is 1. The summed E-state index contributed by atoms with van der Waals surface area (Å²) in [5, 5.41) is 12.6. The smallest absolute Gasteiger partial charge is 0.304 e. The maximum atomic E-state index is 13.8. The molecule has 0 radical (unpaired) electrons. The Balaban J connectivity index is 2.11. The van der Waals surface area contributed by atoms with E-state index in [0.717, 1.165) is 10.5 Å². The third-order valence-corrected chi connectivity index (χ3v) is 5.38. The number of carboxylic acid groups (broad SMARTS) is 1. The van der Waals surface area contributed by atoms with Crippen molar-refractivity contribution in [3.8, 4) is 5.75 Å². The van der Waals surface area contributed by atoms with Crippen molar-refractivity contribution in [3.63, 3.8) is 0 Å². The van der Waals surface area contributed by atoms with Gasteiger partial charge in [0.1, 0.15) is 0 Å². The van der Waals surface area contributed by atoms with Crippen molar-refractivity contribution < 1.29 is 23.8 Å². The number of halogens is 1. The van der Waals surface area contributed by atoms with Crippen molar-refractivity contribution in [2.24, 2.45) is 5.73 Å². The molecule has 1 amide bonds. The van der Waals surface area contributed by atoms with E-state index in [9.17, 15) is 14.0 Å². The van der Waals surface area contributed by atoms with E-state index < -0.39 is 17.7 Å². The van der Waals surface area contributed by atoms with E-state index in [0.29, 0.717) is 28.0 Å². The van der Waals surface area contributed by atoms with Gasteiger partial charge in [-0.05, 0) is 36.8 Å². The summed E-state index contributed by atoms with van der Waals surface area (Å²) < 4.78 is 18.8. The first kappa shape index (κ1) is 21.4. The Morgan fingerprint density at radius 2 is 2.07 bits per heavy atom. The number of nitrogens with one attached hydrogen (secondary N) is 1. The second kappa shape index (κ2) is 9.00. The van der Waals surface area contributed by atoms with E-state index in [2.05, 4.69) is 10.3 Å². The third kappa shape index (κ3) is 4.62. The number of aromatic nitrogens is 1. The number of hydrogen-bond acceptors (Lipinski definition) is 6. The summed E-state index contributed by atoms with van der Waals surface area (Å²) in [7, 11) is 1.36. The van der Waals surface area contributed by atoms with Crippen molar-refractivity contribution >= 4 is 45.9 Å². The van der Waals surface area contributed by atoms with Gasteiger partial charge < -0.3 is 20.9 Å². The number of nitrogens with zero attached hydrogens (tertiary/aromatic N) is 1. The lowest BCUT2D eigenvalue weighted by Crippen LogP contribution is -2.14. The summed E-state index contributed by atoms with van der Waals surface area (Å²) in [6, 6.07) is 8.00. The molecule has 30 heavy (non-hydrogen) atoms. The lowest BCUT2D eigenvalue weighted by atomic mass is 10.1. The fraction of sp³-hybridized carbons (Fsp3) is 0.190. The highest BCUT2D eigenvalue weighted by Crippen LogP contribution is 2.35. The van der Waals surface area contributed by atoms with Crippen LogP contribution in [0.3, 0.4) is 0 Å². The van der Waals surface area contributed by atoms with E-state index in [4.69, 9.17) is 15.6 Å². The van der Waals surface area contributed by atoms with Crippen LogP contribution < -0.4 is 15.8 Å². The minimum absolute atomic E-state index is 0.0296. The van der Waals surface area contributed by atoms with Gasteiger partial charge in [0, 0.05) is 34.0 Å². The van der Waals surface area contributed by atoms with Gasteiger partial charge in [-0.3, -0.25) is 14.6 Å². The molecule has 1 heterocycles. The number of methoxy groups -OCH3 is 1. The van der Waals surface area contributed by atoms with Crippen LogP contribution in [-0.4, -0.2) is 34.8 Å². The number of aliphatic carboxylic acids is 1. The number of carbonyl (C=O) groups is 2. The summed E-state index contributed by atoms with van der Waals surface area (Å²) in [4.78, 5) is 28.0. The Bertz CT molecular complexity index is 1140. The molecule has 1 aromatic heterocycles. The van der Waals surface area contributed by atoms with Gasteiger partial charge in [-0.25, -0.2) is 4.39 Å². The second-order valence-corrected chi connectivity index (χ2v) is 7.68. The van der Waals surface area contributed by atoms with Crippen molar-refractivity contribution in [1.29, 1.82) is 0 Å². The van der Waals surface area contributed by atoms with Crippen LogP contribution in [0.5, 0.6) is 5.75 Å². The Morgan fingerprint density at radius 3 is 2.73 bits per heavy atom. The molecular weight excluding hydrogens is 409 g/mol. The number of hydrogen-bond donors (Lipinski definition) is 3. The van der Waals surface area contributed by atoms with Gasteiger partial charge in [0.2, 0.25) is 0 Å². The number of amides is 1. The number of ether oxygens (including phenoxy) is 1. The first-order valence-electron chi connectivity index (χ1n) is 8.98. The molecule has 3 rings (SSSR count). The highest BCUT2D eigenvalue weighted by atomic mass is 32.2. The molecular formula is C21H20FN3O4S. The topological polar surface area (TPSA) is 115 Å². The molecule has 0 unspecified atom stereocenters. The van der Waals surface area contributed by atoms with Crippen LogP contribution in [0.15, 0.2) is 41.4 Å². The van der Waals surface area contributed by atoms with Crippen molar-refractivity contribution in [2.45, 2.75) is 18.2 Å². The van der Waals surface area contributed by atoms with E-state index in [1.165, 1.54) is 43.3 Å². The first-order chi connectivity index (χ1) is 14.3. The largest absolute Gasteiger partial charge is 0.494 e. The Kier molecular flexibility index (Phi) is 6.41. The fourth-order valence-corrected chi connectivity index (χ4v) is 3.96.